The van der Waals surface area contributed by atoms with E-state index in [1.807, 2.05) is 13.8 Å². The van der Waals surface area contributed by atoms with Crippen molar-refractivity contribution in [2.75, 3.05) is 13.1 Å². The summed E-state index contributed by atoms with van der Waals surface area (Å²) < 4.78 is 40.0. The molecule has 1 saturated heterocycles. The number of hydrogen-bond acceptors (Lipinski definition) is 3. The largest absolute Gasteiger partial charge is 0.389 e. The number of nitrogens with two attached hydrogens (primary N) is 1. The third kappa shape index (κ3) is 2.84. The Morgan fingerprint density at radius 2 is 2.10 bits per heavy atom. The van der Waals surface area contributed by atoms with Crippen molar-refractivity contribution in [2.45, 2.75) is 25.2 Å². The third-order valence-corrected chi connectivity index (χ3v) is 5.54. The number of thiocarbonyl (C=S) groups is 1. The van der Waals surface area contributed by atoms with E-state index in [4.69, 9.17) is 18.0 Å². The van der Waals surface area contributed by atoms with Crippen LogP contribution in [-0.4, -0.2) is 30.8 Å². The lowest BCUT2D eigenvalue weighted by atomic mass is 9.93. The molecule has 0 bridgehead atoms. The average Bonchev–Trinajstić information content (AvgIpc) is 2.70. The molecular formula is C13H17FN2O2S2. The summed E-state index contributed by atoms with van der Waals surface area (Å²) >= 11 is 4.73. The second kappa shape index (κ2) is 5.05. The summed E-state index contributed by atoms with van der Waals surface area (Å²) in [5.41, 5.74) is 5.32. The maximum atomic E-state index is 13.5. The topological polar surface area (TPSA) is 63.4 Å². The zero-order chi connectivity index (χ0) is 15.1. The number of nitrogens with zero attached hydrogens (tertiary/aromatic N) is 1. The highest BCUT2D eigenvalue weighted by Gasteiger charge is 2.37. The molecule has 0 unspecified atom stereocenters. The first-order chi connectivity index (χ1) is 9.13. The van der Waals surface area contributed by atoms with Crippen molar-refractivity contribution in [2.24, 2.45) is 11.1 Å². The van der Waals surface area contributed by atoms with Gasteiger partial charge in [0.1, 0.15) is 10.8 Å². The van der Waals surface area contributed by atoms with Crippen LogP contribution in [0.4, 0.5) is 4.39 Å². The lowest BCUT2D eigenvalue weighted by Crippen LogP contribution is -2.30. The van der Waals surface area contributed by atoms with Crippen LogP contribution in [0, 0.1) is 11.2 Å². The van der Waals surface area contributed by atoms with Crippen molar-refractivity contribution in [1.29, 1.82) is 0 Å². The zero-order valence-corrected chi connectivity index (χ0v) is 13.0. The molecule has 0 saturated carbocycles. The molecule has 0 spiro atoms. The number of benzene rings is 1. The summed E-state index contributed by atoms with van der Waals surface area (Å²) in [6, 6.07) is 3.54. The molecule has 0 amide bonds. The van der Waals surface area contributed by atoms with Gasteiger partial charge < -0.3 is 5.73 Å². The summed E-state index contributed by atoms with van der Waals surface area (Å²) in [7, 11) is -3.63. The van der Waals surface area contributed by atoms with E-state index in [1.165, 1.54) is 16.4 Å². The molecule has 1 aliphatic rings. The van der Waals surface area contributed by atoms with Crippen molar-refractivity contribution < 1.29 is 12.8 Å². The molecule has 1 fully saturated rings. The van der Waals surface area contributed by atoms with Gasteiger partial charge in [-0.3, -0.25) is 0 Å². The van der Waals surface area contributed by atoms with Crippen molar-refractivity contribution >= 4 is 27.2 Å². The second-order valence-corrected chi connectivity index (χ2v) is 8.14. The fraction of sp³-hybridized carbons (Fsp3) is 0.462. The van der Waals surface area contributed by atoms with Gasteiger partial charge >= 0.3 is 0 Å². The highest BCUT2D eigenvalue weighted by molar-refractivity contribution is 7.89. The standard InChI is InChI=1S/C13H17FN2O2S2/c1-13(2)5-6-16(8-13)20(17,18)9-3-4-11(14)10(7-9)12(15)19/h3-4,7H,5-6,8H2,1-2H3,(H2,15,19). The van der Waals surface area contributed by atoms with E-state index < -0.39 is 15.8 Å². The Morgan fingerprint density at radius 1 is 1.45 bits per heavy atom. The SMILES string of the molecule is CC1(C)CCN(S(=O)(=O)c2ccc(F)c(C(N)=S)c2)C1. The number of hydrogen-bond donors (Lipinski definition) is 1. The number of rotatable bonds is 3. The molecule has 4 nitrogen and oxygen atoms in total. The van der Waals surface area contributed by atoms with Gasteiger partial charge in [-0.05, 0) is 30.0 Å². The van der Waals surface area contributed by atoms with Crippen LogP contribution in [0.1, 0.15) is 25.8 Å². The Morgan fingerprint density at radius 3 is 2.60 bits per heavy atom. The maximum Gasteiger partial charge on any atom is 0.243 e. The van der Waals surface area contributed by atoms with E-state index >= 15 is 0 Å². The van der Waals surface area contributed by atoms with Crippen molar-refractivity contribution in [3.05, 3.63) is 29.6 Å². The molecule has 1 aromatic carbocycles. The fourth-order valence-electron chi connectivity index (χ4n) is 2.27. The van der Waals surface area contributed by atoms with Crippen LogP contribution >= 0.6 is 12.2 Å². The minimum Gasteiger partial charge on any atom is -0.389 e. The molecule has 0 aromatic heterocycles. The Hall–Kier alpha value is -1.05. The molecule has 110 valence electrons. The lowest BCUT2D eigenvalue weighted by Gasteiger charge is -2.20. The fourth-order valence-corrected chi connectivity index (χ4v) is 4.08. The van der Waals surface area contributed by atoms with Gasteiger partial charge in [-0.25, -0.2) is 12.8 Å². The molecular weight excluding hydrogens is 299 g/mol. The lowest BCUT2D eigenvalue weighted by molar-refractivity contribution is 0.375. The predicted octanol–water partition coefficient (Wildman–Crippen LogP) is 1.88. The molecule has 0 radical (unpaired) electrons. The third-order valence-electron chi connectivity index (χ3n) is 3.48. The molecule has 0 atom stereocenters. The van der Waals surface area contributed by atoms with E-state index in [2.05, 4.69) is 0 Å². The Labute approximate surface area is 123 Å². The van der Waals surface area contributed by atoms with Crippen molar-refractivity contribution in [1.82, 2.24) is 4.31 Å². The van der Waals surface area contributed by atoms with Crippen LogP contribution < -0.4 is 5.73 Å². The van der Waals surface area contributed by atoms with Crippen LogP contribution in [0.3, 0.4) is 0 Å². The minimum absolute atomic E-state index is 0.0272. The number of sulfonamides is 1. The Kier molecular flexibility index (Phi) is 3.88. The Bertz CT molecular complexity index is 656. The summed E-state index contributed by atoms with van der Waals surface area (Å²) in [5.74, 6) is -0.613. The van der Waals surface area contributed by atoms with E-state index in [-0.39, 0.29) is 20.9 Å². The van der Waals surface area contributed by atoms with Gasteiger partial charge in [0.2, 0.25) is 10.0 Å². The van der Waals surface area contributed by atoms with Gasteiger partial charge in [0.25, 0.3) is 0 Å². The average molecular weight is 316 g/mol. The summed E-state index contributed by atoms with van der Waals surface area (Å²) in [6.45, 7) is 4.96. The van der Waals surface area contributed by atoms with E-state index in [0.29, 0.717) is 13.1 Å². The van der Waals surface area contributed by atoms with Crippen LogP contribution in [0.25, 0.3) is 0 Å². The molecule has 1 aromatic rings. The molecule has 2 rings (SSSR count). The molecule has 1 heterocycles. The molecule has 7 heteroatoms. The second-order valence-electron chi connectivity index (χ2n) is 5.76. The van der Waals surface area contributed by atoms with Gasteiger partial charge in [0.15, 0.2) is 0 Å². The van der Waals surface area contributed by atoms with Gasteiger partial charge in [-0.1, -0.05) is 26.1 Å². The smallest absolute Gasteiger partial charge is 0.243 e. The first-order valence-electron chi connectivity index (χ1n) is 6.23. The summed E-state index contributed by atoms with van der Waals surface area (Å²) in [4.78, 5) is -0.124. The molecule has 20 heavy (non-hydrogen) atoms. The zero-order valence-electron chi connectivity index (χ0n) is 11.4. The Balaban J connectivity index is 2.41. The van der Waals surface area contributed by atoms with Gasteiger partial charge in [-0.15, -0.1) is 0 Å². The molecule has 2 N–H and O–H groups in total. The first-order valence-corrected chi connectivity index (χ1v) is 8.08. The predicted molar refractivity (Wildman–Crippen MR) is 79.4 cm³/mol. The molecule has 1 aliphatic heterocycles. The minimum atomic E-state index is -3.63. The number of halogens is 1. The highest BCUT2D eigenvalue weighted by Crippen LogP contribution is 2.33. The van der Waals surface area contributed by atoms with Crippen LogP contribution in [0.5, 0.6) is 0 Å². The van der Waals surface area contributed by atoms with Gasteiger partial charge in [-0.2, -0.15) is 4.31 Å². The highest BCUT2D eigenvalue weighted by atomic mass is 32.2. The van der Waals surface area contributed by atoms with E-state index in [9.17, 15) is 12.8 Å². The summed E-state index contributed by atoms with van der Waals surface area (Å²) in [5, 5.41) is 0. The van der Waals surface area contributed by atoms with E-state index in [1.54, 1.807) is 0 Å². The van der Waals surface area contributed by atoms with Gasteiger partial charge in [0, 0.05) is 18.7 Å². The van der Waals surface area contributed by atoms with E-state index in [0.717, 1.165) is 12.5 Å². The van der Waals surface area contributed by atoms with Crippen LogP contribution in [-0.2, 0) is 10.0 Å². The molecule has 0 aliphatic carbocycles. The normalized spacial score (nSPS) is 19.1. The maximum absolute atomic E-state index is 13.5. The first kappa shape index (κ1) is 15.3. The van der Waals surface area contributed by atoms with Crippen molar-refractivity contribution in [3.63, 3.8) is 0 Å². The monoisotopic (exact) mass is 316 g/mol. The quantitative estimate of drug-likeness (QED) is 0.865. The van der Waals surface area contributed by atoms with Crippen molar-refractivity contribution in [3.8, 4) is 0 Å². The van der Waals surface area contributed by atoms with Crippen LogP contribution in [0.15, 0.2) is 23.1 Å². The van der Waals surface area contributed by atoms with Gasteiger partial charge in [0.05, 0.1) is 4.90 Å². The van der Waals surface area contributed by atoms with Crippen LogP contribution in [0.2, 0.25) is 0 Å². The summed E-state index contributed by atoms with van der Waals surface area (Å²) in [6.07, 6.45) is 0.801.